The zero-order valence-electron chi connectivity index (χ0n) is 11.5. The molecular formula is C14H27ClN2O. The summed E-state index contributed by atoms with van der Waals surface area (Å²) in [5, 5.41) is 3.21. The molecule has 1 saturated heterocycles. The van der Waals surface area contributed by atoms with Crippen LogP contribution in [0.2, 0.25) is 0 Å². The average Bonchev–Trinajstić information content (AvgIpc) is 2.90. The summed E-state index contributed by atoms with van der Waals surface area (Å²) >= 11 is 0. The van der Waals surface area contributed by atoms with Crippen LogP contribution >= 0.6 is 12.4 Å². The molecule has 1 N–H and O–H groups in total. The highest BCUT2D eigenvalue weighted by atomic mass is 35.5. The van der Waals surface area contributed by atoms with Crippen LogP contribution in [0.5, 0.6) is 0 Å². The first-order chi connectivity index (χ1) is 8.31. The number of hydrogen-bond donors (Lipinski definition) is 1. The van der Waals surface area contributed by atoms with E-state index in [9.17, 15) is 4.79 Å². The van der Waals surface area contributed by atoms with Gasteiger partial charge in [0.15, 0.2) is 0 Å². The molecular weight excluding hydrogens is 248 g/mol. The number of carbonyl (C=O) groups excluding carboxylic acids is 1. The first-order valence-corrected chi connectivity index (χ1v) is 7.24. The molecule has 0 aromatic carbocycles. The fraction of sp³-hybridized carbons (Fsp3) is 0.929. The van der Waals surface area contributed by atoms with Gasteiger partial charge in [0, 0.05) is 19.0 Å². The van der Waals surface area contributed by atoms with E-state index in [1.807, 2.05) is 7.05 Å². The molecule has 1 aliphatic heterocycles. The number of piperidine rings is 1. The van der Waals surface area contributed by atoms with Crippen molar-refractivity contribution < 1.29 is 4.79 Å². The molecule has 0 aromatic rings. The lowest BCUT2D eigenvalue weighted by Crippen LogP contribution is -2.41. The molecule has 2 rings (SSSR count). The van der Waals surface area contributed by atoms with E-state index < -0.39 is 0 Å². The molecule has 0 unspecified atom stereocenters. The maximum Gasteiger partial charge on any atom is 0.225 e. The summed E-state index contributed by atoms with van der Waals surface area (Å²) in [5.41, 5.74) is 0. The second kappa shape index (κ2) is 8.00. The summed E-state index contributed by atoms with van der Waals surface area (Å²) in [6.07, 6.45) is 8.48. The predicted molar refractivity (Wildman–Crippen MR) is 77.1 cm³/mol. The fourth-order valence-corrected chi connectivity index (χ4v) is 3.22. The fourth-order valence-electron chi connectivity index (χ4n) is 3.22. The summed E-state index contributed by atoms with van der Waals surface area (Å²) in [7, 11) is 2.01. The molecule has 18 heavy (non-hydrogen) atoms. The number of rotatable bonds is 4. The summed E-state index contributed by atoms with van der Waals surface area (Å²) in [4.78, 5) is 14.4. The largest absolute Gasteiger partial charge is 0.342 e. The van der Waals surface area contributed by atoms with Gasteiger partial charge >= 0.3 is 0 Å². The number of halogens is 1. The van der Waals surface area contributed by atoms with E-state index in [1.165, 1.54) is 32.1 Å². The zero-order chi connectivity index (χ0) is 12.1. The quantitative estimate of drug-likeness (QED) is 0.854. The second-order valence-corrected chi connectivity index (χ2v) is 5.64. The van der Waals surface area contributed by atoms with Gasteiger partial charge in [-0.1, -0.05) is 12.8 Å². The topological polar surface area (TPSA) is 32.3 Å². The van der Waals surface area contributed by atoms with Gasteiger partial charge in [0.05, 0.1) is 0 Å². The molecule has 1 heterocycles. The van der Waals surface area contributed by atoms with E-state index in [0.717, 1.165) is 38.4 Å². The van der Waals surface area contributed by atoms with Crippen molar-refractivity contribution in [3.8, 4) is 0 Å². The van der Waals surface area contributed by atoms with E-state index in [4.69, 9.17) is 0 Å². The van der Waals surface area contributed by atoms with Gasteiger partial charge in [0.2, 0.25) is 5.91 Å². The zero-order valence-corrected chi connectivity index (χ0v) is 12.3. The Labute approximate surface area is 117 Å². The minimum absolute atomic E-state index is 0. The van der Waals surface area contributed by atoms with Crippen molar-refractivity contribution in [2.45, 2.75) is 44.9 Å². The lowest BCUT2D eigenvalue weighted by atomic mass is 9.92. The number of amides is 1. The van der Waals surface area contributed by atoms with E-state index in [1.54, 1.807) is 0 Å². The van der Waals surface area contributed by atoms with Crippen LogP contribution in [0.25, 0.3) is 0 Å². The van der Waals surface area contributed by atoms with Crippen molar-refractivity contribution in [3.05, 3.63) is 0 Å². The highest BCUT2D eigenvalue weighted by Gasteiger charge is 2.29. The maximum atomic E-state index is 12.2. The molecule has 4 heteroatoms. The van der Waals surface area contributed by atoms with E-state index in [0.29, 0.717) is 11.8 Å². The third kappa shape index (κ3) is 4.13. The van der Waals surface area contributed by atoms with Crippen molar-refractivity contribution in [2.24, 2.45) is 11.8 Å². The number of likely N-dealkylation sites (tertiary alicyclic amines) is 1. The minimum atomic E-state index is 0. The van der Waals surface area contributed by atoms with E-state index >= 15 is 0 Å². The van der Waals surface area contributed by atoms with Gasteiger partial charge < -0.3 is 10.2 Å². The maximum absolute atomic E-state index is 12.2. The average molecular weight is 275 g/mol. The Hall–Kier alpha value is -0.280. The van der Waals surface area contributed by atoms with Gasteiger partial charge in [-0.2, -0.15) is 0 Å². The van der Waals surface area contributed by atoms with Crippen molar-refractivity contribution in [1.82, 2.24) is 10.2 Å². The Balaban J connectivity index is 0.00000162. The van der Waals surface area contributed by atoms with Crippen LogP contribution < -0.4 is 5.32 Å². The Kier molecular flexibility index (Phi) is 7.02. The number of nitrogens with one attached hydrogen (secondary N) is 1. The van der Waals surface area contributed by atoms with Crippen molar-refractivity contribution in [2.75, 3.05) is 26.7 Å². The lowest BCUT2D eigenvalue weighted by molar-refractivity contribution is -0.136. The molecule has 0 bridgehead atoms. The van der Waals surface area contributed by atoms with Crippen molar-refractivity contribution in [1.29, 1.82) is 0 Å². The Morgan fingerprint density at radius 2 is 1.78 bits per heavy atom. The molecule has 0 atom stereocenters. The first-order valence-electron chi connectivity index (χ1n) is 7.24. The molecule has 1 aliphatic carbocycles. The second-order valence-electron chi connectivity index (χ2n) is 5.64. The van der Waals surface area contributed by atoms with Crippen molar-refractivity contribution >= 4 is 18.3 Å². The smallest absolute Gasteiger partial charge is 0.225 e. The van der Waals surface area contributed by atoms with Gasteiger partial charge in [0.1, 0.15) is 0 Å². The molecule has 0 spiro atoms. The molecule has 2 aliphatic rings. The van der Waals surface area contributed by atoms with Gasteiger partial charge in [-0.3, -0.25) is 4.79 Å². The van der Waals surface area contributed by atoms with E-state index in [-0.39, 0.29) is 12.4 Å². The molecule has 2 fully saturated rings. The van der Waals surface area contributed by atoms with Crippen molar-refractivity contribution in [3.63, 3.8) is 0 Å². The molecule has 0 aromatic heterocycles. The van der Waals surface area contributed by atoms with Crippen LogP contribution in [-0.2, 0) is 4.79 Å². The highest BCUT2D eigenvalue weighted by Crippen LogP contribution is 2.28. The summed E-state index contributed by atoms with van der Waals surface area (Å²) < 4.78 is 0. The third-order valence-electron chi connectivity index (χ3n) is 4.43. The van der Waals surface area contributed by atoms with Crippen LogP contribution in [0.15, 0.2) is 0 Å². The summed E-state index contributed by atoms with van der Waals surface area (Å²) in [6.45, 7) is 3.12. The number of nitrogens with zero attached hydrogens (tertiary/aromatic N) is 1. The van der Waals surface area contributed by atoms with E-state index in [2.05, 4.69) is 10.2 Å². The van der Waals surface area contributed by atoms with Crippen LogP contribution in [-0.4, -0.2) is 37.5 Å². The number of hydrogen-bond acceptors (Lipinski definition) is 2. The monoisotopic (exact) mass is 274 g/mol. The SMILES string of the molecule is CNCCC1CCN(C(=O)C2CCCC2)CC1.Cl. The summed E-state index contributed by atoms with van der Waals surface area (Å²) in [5.74, 6) is 1.65. The highest BCUT2D eigenvalue weighted by molar-refractivity contribution is 5.85. The van der Waals surface area contributed by atoms with Crippen LogP contribution in [0.1, 0.15) is 44.9 Å². The molecule has 106 valence electrons. The first kappa shape index (κ1) is 15.8. The molecule has 3 nitrogen and oxygen atoms in total. The Morgan fingerprint density at radius 3 is 2.33 bits per heavy atom. The lowest BCUT2D eigenvalue weighted by Gasteiger charge is -2.33. The molecule has 1 amide bonds. The van der Waals surface area contributed by atoms with Gasteiger partial charge in [0.25, 0.3) is 0 Å². The van der Waals surface area contributed by atoms with Crippen LogP contribution in [0.3, 0.4) is 0 Å². The third-order valence-corrected chi connectivity index (χ3v) is 4.43. The van der Waals surface area contributed by atoms with Gasteiger partial charge in [-0.05, 0) is 51.6 Å². The standard InChI is InChI=1S/C14H26N2O.ClH/c1-15-9-6-12-7-10-16(11-8-12)14(17)13-4-2-3-5-13;/h12-13,15H,2-11H2,1H3;1H. The van der Waals surface area contributed by atoms with Gasteiger partial charge in [-0.25, -0.2) is 0 Å². The van der Waals surface area contributed by atoms with Crippen LogP contribution in [0.4, 0.5) is 0 Å². The summed E-state index contributed by atoms with van der Waals surface area (Å²) in [6, 6.07) is 0. The Bertz CT molecular complexity index is 246. The Morgan fingerprint density at radius 1 is 1.17 bits per heavy atom. The molecule has 0 radical (unpaired) electrons. The number of carbonyl (C=O) groups is 1. The van der Waals surface area contributed by atoms with Gasteiger partial charge in [-0.15, -0.1) is 12.4 Å². The minimum Gasteiger partial charge on any atom is -0.342 e. The molecule has 1 saturated carbocycles. The predicted octanol–water partition coefficient (Wildman–Crippen LogP) is 2.45. The normalized spacial score (nSPS) is 21.9. The van der Waals surface area contributed by atoms with Crippen LogP contribution in [0, 0.1) is 11.8 Å².